The molecule has 1 aromatic rings. The van der Waals surface area contributed by atoms with E-state index in [1.165, 1.54) is 19.2 Å². The minimum Gasteiger partial charge on any atom is -0.496 e. The average Bonchev–Trinajstić information content (AvgIpc) is 2.35. The third-order valence-electron chi connectivity index (χ3n) is 2.25. The third kappa shape index (κ3) is 3.51. The van der Waals surface area contributed by atoms with Gasteiger partial charge in [0.05, 0.1) is 19.3 Å². The standard InChI is InChI=1S/C13H14O4/c1-4-9(2)17-8-11-7-10(13(14)15)5-6-12(11)16-3/h1,5-7,9H,8H2,2-3H3,(H,14,15). The van der Waals surface area contributed by atoms with Crippen LogP contribution in [0.5, 0.6) is 5.75 Å². The lowest BCUT2D eigenvalue weighted by Gasteiger charge is -2.11. The molecule has 4 nitrogen and oxygen atoms in total. The lowest BCUT2D eigenvalue weighted by Crippen LogP contribution is -2.07. The van der Waals surface area contributed by atoms with Crippen LogP contribution in [0.15, 0.2) is 18.2 Å². The van der Waals surface area contributed by atoms with Crippen molar-refractivity contribution < 1.29 is 19.4 Å². The number of ether oxygens (including phenoxy) is 2. The number of aromatic carboxylic acids is 1. The predicted octanol–water partition coefficient (Wildman–Crippen LogP) is 1.93. The van der Waals surface area contributed by atoms with Gasteiger partial charge in [0.1, 0.15) is 11.9 Å². The van der Waals surface area contributed by atoms with Crippen molar-refractivity contribution in [3.05, 3.63) is 29.3 Å². The number of carboxylic acid groups (broad SMARTS) is 1. The van der Waals surface area contributed by atoms with E-state index < -0.39 is 5.97 Å². The zero-order chi connectivity index (χ0) is 12.8. The van der Waals surface area contributed by atoms with Crippen molar-refractivity contribution in [3.63, 3.8) is 0 Å². The molecule has 0 aliphatic heterocycles. The topological polar surface area (TPSA) is 55.8 Å². The van der Waals surface area contributed by atoms with Gasteiger partial charge >= 0.3 is 5.97 Å². The van der Waals surface area contributed by atoms with Gasteiger partial charge in [-0.15, -0.1) is 6.42 Å². The fourth-order valence-electron chi connectivity index (χ4n) is 1.29. The Hall–Kier alpha value is -1.99. The van der Waals surface area contributed by atoms with Gasteiger partial charge in [0, 0.05) is 5.56 Å². The zero-order valence-electron chi connectivity index (χ0n) is 9.77. The second-order valence-corrected chi connectivity index (χ2v) is 3.45. The molecular weight excluding hydrogens is 220 g/mol. The van der Waals surface area contributed by atoms with E-state index in [4.69, 9.17) is 21.0 Å². The minimum absolute atomic E-state index is 0.192. The second-order valence-electron chi connectivity index (χ2n) is 3.45. The number of rotatable bonds is 5. The first-order valence-corrected chi connectivity index (χ1v) is 5.06. The number of carbonyl (C=O) groups is 1. The van der Waals surface area contributed by atoms with E-state index >= 15 is 0 Å². The average molecular weight is 234 g/mol. The van der Waals surface area contributed by atoms with Gasteiger partial charge in [-0.25, -0.2) is 4.79 Å². The molecule has 0 saturated carbocycles. The van der Waals surface area contributed by atoms with Crippen LogP contribution in [0, 0.1) is 12.3 Å². The Balaban J connectivity index is 2.91. The van der Waals surface area contributed by atoms with E-state index in [1.54, 1.807) is 13.0 Å². The second kappa shape index (κ2) is 5.92. The zero-order valence-corrected chi connectivity index (χ0v) is 9.77. The van der Waals surface area contributed by atoms with E-state index in [-0.39, 0.29) is 18.3 Å². The van der Waals surface area contributed by atoms with Crippen LogP contribution in [-0.4, -0.2) is 24.3 Å². The smallest absolute Gasteiger partial charge is 0.335 e. The highest BCUT2D eigenvalue weighted by Crippen LogP contribution is 2.21. The summed E-state index contributed by atoms with van der Waals surface area (Å²) >= 11 is 0. The van der Waals surface area contributed by atoms with Gasteiger partial charge in [0.2, 0.25) is 0 Å². The molecule has 0 aromatic heterocycles. The van der Waals surface area contributed by atoms with Gasteiger partial charge in [-0.1, -0.05) is 5.92 Å². The SMILES string of the molecule is C#CC(C)OCc1cc(C(=O)O)ccc1OC. The van der Waals surface area contributed by atoms with Crippen LogP contribution in [0.1, 0.15) is 22.8 Å². The molecule has 1 N–H and O–H groups in total. The number of hydrogen-bond acceptors (Lipinski definition) is 3. The van der Waals surface area contributed by atoms with Crippen molar-refractivity contribution in [1.29, 1.82) is 0 Å². The molecule has 0 saturated heterocycles. The van der Waals surface area contributed by atoms with E-state index in [1.807, 2.05) is 0 Å². The molecule has 1 aromatic carbocycles. The number of benzene rings is 1. The van der Waals surface area contributed by atoms with Crippen molar-refractivity contribution >= 4 is 5.97 Å². The van der Waals surface area contributed by atoms with Crippen LogP contribution in [0.4, 0.5) is 0 Å². The lowest BCUT2D eigenvalue weighted by atomic mass is 10.1. The Morgan fingerprint density at radius 3 is 2.82 bits per heavy atom. The first-order chi connectivity index (χ1) is 8.08. The van der Waals surface area contributed by atoms with Gasteiger partial charge in [-0.2, -0.15) is 0 Å². The summed E-state index contributed by atoms with van der Waals surface area (Å²) in [5.41, 5.74) is 0.854. The van der Waals surface area contributed by atoms with Crippen LogP contribution in [0.3, 0.4) is 0 Å². The first-order valence-electron chi connectivity index (χ1n) is 5.06. The maximum atomic E-state index is 10.8. The lowest BCUT2D eigenvalue weighted by molar-refractivity contribution is 0.0695. The van der Waals surface area contributed by atoms with Crippen LogP contribution in [0.2, 0.25) is 0 Å². The highest BCUT2D eigenvalue weighted by Gasteiger charge is 2.10. The number of methoxy groups -OCH3 is 1. The van der Waals surface area contributed by atoms with Gasteiger partial charge in [0.15, 0.2) is 0 Å². The van der Waals surface area contributed by atoms with E-state index in [0.29, 0.717) is 11.3 Å². The molecule has 0 spiro atoms. The highest BCUT2D eigenvalue weighted by molar-refractivity contribution is 5.88. The van der Waals surface area contributed by atoms with Crippen molar-refractivity contribution in [2.75, 3.05) is 7.11 Å². The Morgan fingerprint density at radius 2 is 2.29 bits per heavy atom. The number of hydrogen-bond donors (Lipinski definition) is 1. The normalized spacial score (nSPS) is 11.6. The Morgan fingerprint density at radius 1 is 1.59 bits per heavy atom. The molecule has 0 fully saturated rings. The summed E-state index contributed by atoms with van der Waals surface area (Å²) < 4.78 is 10.5. The summed E-state index contributed by atoms with van der Waals surface area (Å²) in [6, 6.07) is 4.60. The fourth-order valence-corrected chi connectivity index (χ4v) is 1.29. The Bertz CT molecular complexity index is 445. The van der Waals surface area contributed by atoms with Gasteiger partial charge in [-0.3, -0.25) is 0 Å². The van der Waals surface area contributed by atoms with Crippen molar-refractivity contribution in [2.45, 2.75) is 19.6 Å². The summed E-state index contributed by atoms with van der Waals surface area (Å²) in [6.07, 6.45) is 4.86. The molecule has 0 radical (unpaired) electrons. The van der Waals surface area contributed by atoms with Crippen molar-refractivity contribution in [3.8, 4) is 18.1 Å². The van der Waals surface area contributed by atoms with Gasteiger partial charge < -0.3 is 14.6 Å². The van der Waals surface area contributed by atoms with E-state index in [9.17, 15) is 4.79 Å². The number of carboxylic acids is 1. The van der Waals surface area contributed by atoms with E-state index in [0.717, 1.165) is 0 Å². The first kappa shape index (κ1) is 13.1. The number of terminal acetylenes is 1. The Labute approximate surface area is 100 Å². The maximum absolute atomic E-state index is 10.8. The molecule has 90 valence electrons. The van der Waals surface area contributed by atoms with Gasteiger partial charge in [-0.05, 0) is 25.1 Å². The van der Waals surface area contributed by atoms with Crippen LogP contribution in [-0.2, 0) is 11.3 Å². The molecule has 1 unspecified atom stereocenters. The fraction of sp³-hybridized carbons (Fsp3) is 0.308. The van der Waals surface area contributed by atoms with E-state index in [2.05, 4.69) is 5.92 Å². The molecule has 4 heteroatoms. The van der Waals surface area contributed by atoms with Crippen LogP contribution < -0.4 is 4.74 Å². The summed E-state index contributed by atoms with van der Waals surface area (Å²) in [4.78, 5) is 10.8. The van der Waals surface area contributed by atoms with Gasteiger partial charge in [0.25, 0.3) is 0 Å². The molecule has 0 aliphatic rings. The molecule has 17 heavy (non-hydrogen) atoms. The molecule has 0 bridgehead atoms. The van der Waals surface area contributed by atoms with Crippen molar-refractivity contribution in [2.24, 2.45) is 0 Å². The van der Waals surface area contributed by atoms with Crippen molar-refractivity contribution in [1.82, 2.24) is 0 Å². The Kier molecular flexibility index (Phi) is 4.56. The van der Waals surface area contributed by atoms with Crippen LogP contribution >= 0.6 is 0 Å². The molecule has 0 amide bonds. The summed E-state index contributed by atoms with van der Waals surface area (Å²) in [6.45, 7) is 1.96. The molecule has 1 rings (SSSR count). The highest BCUT2D eigenvalue weighted by atomic mass is 16.5. The quantitative estimate of drug-likeness (QED) is 0.791. The summed E-state index contributed by atoms with van der Waals surface area (Å²) in [5, 5.41) is 8.88. The molecule has 0 heterocycles. The molecule has 1 atom stereocenters. The molecular formula is C13H14O4. The third-order valence-corrected chi connectivity index (χ3v) is 2.25. The monoisotopic (exact) mass is 234 g/mol. The van der Waals surface area contributed by atoms with Crippen LogP contribution in [0.25, 0.3) is 0 Å². The minimum atomic E-state index is -0.987. The summed E-state index contributed by atoms with van der Waals surface area (Å²) in [5.74, 6) is 2.03. The predicted molar refractivity (Wildman–Crippen MR) is 63.0 cm³/mol. The maximum Gasteiger partial charge on any atom is 0.335 e. The molecule has 0 aliphatic carbocycles. The largest absolute Gasteiger partial charge is 0.496 e. The summed E-state index contributed by atoms with van der Waals surface area (Å²) in [7, 11) is 1.52.